The maximum atomic E-state index is 11.8. The molecule has 9 heteroatoms. The lowest BCUT2D eigenvalue weighted by Gasteiger charge is -2.09. The molecular formula is C15H15N4O5+. The zero-order valence-corrected chi connectivity index (χ0v) is 12.5. The first kappa shape index (κ1) is 15.9. The third-order valence-electron chi connectivity index (χ3n) is 3.47. The summed E-state index contributed by atoms with van der Waals surface area (Å²) in [5.41, 5.74) is 2.51. The van der Waals surface area contributed by atoms with Crippen molar-refractivity contribution in [3.05, 3.63) is 42.2 Å². The first-order valence-corrected chi connectivity index (χ1v) is 7.07. The normalized spacial score (nSPS) is 15.1. The lowest BCUT2D eigenvalue weighted by Crippen LogP contribution is -2.73. The molecule has 4 N–H and O–H groups in total. The van der Waals surface area contributed by atoms with Gasteiger partial charge in [0.1, 0.15) is 24.8 Å². The number of amides is 3. The molecule has 1 aliphatic heterocycles. The highest BCUT2D eigenvalue weighted by Crippen LogP contribution is 2.22. The van der Waals surface area contributed by atoms with Gasteiger partial charge in [-0.2, -0.15) is 10.6 Å². The van der Waals surface area contributed by atoms with E-state index in [1.807, 2.05) is 0 Å². The zero-order chi connectivity index (χ0) is 17.1. The molecule has 1 aromatic heterocycles. The molecule has 0 radical (unpaired) electrons. The number of nitrogens with zero attached hydrogens (tertiary/aromatic N) is 3. The van der Waals surface area contributed by atoms with Crippen molar-refractivity contribution in [2.75, 3.05) is 13.3 Å². The third kappa shape index (κ3) is 3.04. The number of imide groups is 1. The topological polar surface area (TPSA) is 123 Å². The van der Waals surface area contributed by atoms with E-state index in [0.29, 0.717) is 22.1 Å². The Morgan fingerprint density at radius 1 is 1.21 bits per heavy atom. The number of quaternary nitrogens is 1. The summed E-state index contributed by atoms with van der Waals surface area (Å²) in [6, 6.07) is 9.81. The molecule has 24 heavy (non-hydrogen) atoms. The Hall–Kier alpha value is -3.01. The number of hydrogen-bond donors (Lipinski definition) is 3. The third-order valence-corrected chi connectivity index (χ3v) is 3.47. The van der Waals surface area contributed by atoms with Crippen molar-refractivity contribution in [3.63, 3.8) is 0 Å². The summed E-state index contributed by atoms with van der Waals surface area (Å²) in [6.45, 7) is -0.890. The van der Waals surface area contributed by atoms with Gasteiger partial charge >= 0.3 is 6.03 Å². The molecule has 1 aliphatic rings. The minimum Gasteiger partial charge on any atom is -0.455 e. The average Bonchev–Trinajstić information content (AvgIpc) is 3.17. The second kappa shape index (κ2) is 6.62. The van der Waals surface area contributed by atoms with Crippen LogP contribution >= 0.6 is 0 Å². The standard InChI is InChI=1S/C15H14N4O5/c20-9-18-14(21)8-19(15(18)22)16-7-12-5-6-13(24-12)10-1-3-11(17-23)4-2-10/h1-7,17,20,23H,8-9H2/p+1/b16-7+. The fraction of sp³-hybridized carbons (Fsp3) is 0.133. The van der Waals surface area contributed by atoms with Crippen LogP contribution in [-0.4, -0.2) is 51.7 Å². The van der Waals surface area contributed by atoms with Gasteiger partial charge in [-0.1, -0.05) is 0 Å². The number of carbonyl (C=O) groups is 2. The van der Waals surface area contributed by atoms with Crippen LogP contribution in [0.5, 0.6) is 0 Å². The molecule has 1 saturated heterocycles. The molecule has 2 aromatic rings. The molecule has 9 nitrogen and oxygen atoms in total. The molecular weight excluding hydrogens is 316 g/mol. The highest BCUT2D eigenvalue weighted by molar-refractivity contribution is 6.02. The van der Waals surface area contributed by atoms with E-state index in [4.69, 9.17) is 14.7 Å². The molecule has 0 aliphatic carbocycles. The van der Waals surface area contributed by atoms with Crippen LogP contribution in [0.1, 0.15) is 5.76 Å². The molecule has 1 fully saturated rings. The van der Waals surface area contributed by atoms with Gasteiger partial charge in [0.05, 0.1) is 6.21 Å². The van der Waals surface area contributed by atoms with Gasteiger partial charge in [0.15, 0.2) is 5.69 Å². The molecule has 0 atom stereocenters. The first-order valence-electron chi connectivity index (χ1n) is 7.07. The second-order valence-corrected chi connectivity index (χ2v) is 5.00. The minimum absolute atomic E-state index is 0.220. The number of hydrogen-bond acceptors (Lipinski definition) is 6. The van der Waals surface area contributed by atoms with Gasteiger partial charge < -0.3 is 9.52 Å². The highest BCUT2D eigenvalue weighted by atomic mass is 16.5. The number of nitrogens with two attached hydrogens (primary N) is 1. The van der Waals surface area contributed by atoms with E-state index in [-0.39, 0.29) is 6.54 Å². The first-order chi connectivity index (χ1) is 11.6. The van der Waals surface area contributed by atoms with Crippen LogP contribution in [-0.2, 0) is 4.79 Å². The maximum absolute atomic E-state index is 11.8. The smallest absolute Gasteiger partial charge is 0.349 e. The SMILES string of the molecule is O=C1CN(/N=C/c2ccc(-c3ccc([NH2+]O)cc3)o2)C(=O)N1CO. The number of aliphatic hydroxyl groups excluding tert-OH is 1. The van der Waals surface area contributed by atoms with Crippen LogP contribution in [0.15, 0.2) is 45.9 Å². The highest BCUT2D eigenvalue weighted by Gasteiger charge is 2.35. The lowest BCUT2D eigenvalue weighted by atomic mass is 10.1. The fourth-order valence-corrected chi connectivity index (χ4v) is 2.19. The predicted molar refractivity (Wildman–Crippen MR) is 81.1 cm³/mol. The van der Waals surface area contributed by atoms with Gasteiger partial charge in [-0.15, -0.1) is 0 Å². The molecule has 0 bridgehead atoms. The van der Waals surface area contributed by atoms with Crippen molar-refractivity contribution in [3.8, 4) is 11.3 Å². The number of aliphatic hydroxyl groups is 1. The van der Waals surface area contributed by atoms with Crippen molar-refractivity contribution in [1.82, 2.24) is 9.91 Å². The quantitative estimate of drug-likeness (QED) is 0.310. The summed E-state index contributed by atoms with van der Waals surface area (Å²) >= 11 is 0. The largest absolute Gasteiger partial charge is 0.455 e. The van der Waals surface area contributed by atoms with Crippen molar-refractivity contribution < 1.29 is 29.8 Å². The van der Waals surface area contributed by atoms with Gasteiger partial charge in [-0.3, -0.25) is 4.79 Å². The van der Waals surface area contributed by atoms with Crippen LogP contribution in [0.25, 0.3) is 11.3 Å². The molecule has 0 spiro atoms. The Morgan fingerprint density at radius 3 is 2.58 bits per heavy atom. The van der Waals surface area contributed by atoms with E-state index in [0.717, 1.165) is 16.1 Å². The lowest BCUT2D eigenvalue weighted by molar-refractivity contribution is -0.825. The van der Waals surface area contributed by atoms with E-state index in [2.05, 4.69) is 5.10 Å². The summed E-state index contributed by atoms with van der Waals surface area (Å²) in [5, 5.41) is 22.7. The molecule has 2 heterocycles. The molecule has 3 amide bonds. The Bertz CT molecular complexity index is 783. The van der Waals surface area contributed by atoms with Gasteiger partial charge in [-0.25, -0.2) is 19.9 Å². The predicted octanol–water partition coefficient (Wildman–Crippen LogP) is 0.0786. The van der Waals surface area contributed by atoms with Crippen LogP contribution in [0, 0.1) is 0 Å². The monoisotopic (exact) mass is 331 g/mol. The van der Waals surface area contributed by atoms with E-state index in [1.165, 1.54) is 6.21 Å². The number of carbonyl (C=O) groups excluding carboxylic acids is 2. The van der Waals surface area contributed by atoms with Crippen molar-refractivity contribution >= 4 is 23.8 Å². The van der Waals surface area contributed by atoms with Crippen LogP contribution in [0.4, 0.5) is 10.5 Å². The zero-order valence-electron chi connectivity index (χ0n) is 12.5. The molecule has 124 valence electrons. The maximum Gasteiger partial charge on any atom is 0.349 e. The van der Waals surface area contributed by atoms with Gasteiger partial charge in [0, 0.05) is 17.7 Å². The summed E-state index contributed by atoms with van der Waals surface area (Å²) in [4.78, 5) is 23.9. The Balaban J connectivity index is 1.72. The van der Waals surface area contributed by atoms with Crippen LogP contribution < -0.4 is 5.48 Å². The molecule has 1 aromatic carbocycles. The van der Waals surface area contributed by atoms with Crippen LogP contribution in [0.2, 0.25) is 0 Å². The number of furan rings is 1. The number of benzene rings is 1. The molecule has 3 rings (SSSR count). The van der Waals surface area contributed by atoms with Crippen LogP contribution in [0.3, 0.4) is 0 Å². The molecule has 0 saturated carbocycles. The van der Waals surface area contributed by atoms with Gasteiger partial charge in [-0.05, 0) is 24.3 Å². The summed E-state index contributed by atoms with van der Waals surface area (Å²) in [5.74, 6) is 0.493. The summed E-state index contributed by atoms with van der Waals surface area (Å²) < 4.78 is 5.61. The van der Waals surface area contributed by atoms with E-state index in [1.54, 1.807) is 36.4 Å². The van der Waals surface area contributed by atoms with Gasteiger partial charge in [0.25, 0.3) is 5.91 Å². The minimum atomic E-state index is -0.679. The number of hydrazone groups is 1. The van der Waals surface area contributed by atoms with Crippen molar-refractivity contribution in [1.29, 1.82) is 0 Å². The van der Waals surface area contributed by atoms with E-state index >= 15 is 0 Å². The van der Waals surface area contributed by atoms with Crippen molar-refractivity contribution in [2.45, 2.75) is 0 Å². The Kier molecular flexibility index (Phi) is 4.38. The second-order valence-electron chi connectivity index (χ2n) is 5.00. The summed E-state index contributed by atoms with van der Waals surface area (Å²) in [6.07, 6.45) is 1.32. The van der Waals surface area contributed by atoms with Crippen molar-refractivity contribution in [2.24, 2.45) is 5.10 Å². The fourth-order valence-electron chi connectivity index (χ4n) is 2.19. The summed E-state index contributed by atoms with van der Waals surface area (Å²) in [7, 11) is 0. The Labute approximate surface area is 136 Å². The Morgan fingerprint density at radius 2 is 1.96 bits per heavy atom. The number of urea groups is 1. The average molecular weight is 331 g/mol. The molecule has 0 unspecified atom stereocenters. The number of rotatable bonds is 5. The van der Waals surface area contributed by atoms with Gasteiger partial charge in [0.2, 0.25) is 0 Å². The van der Waals surface area contributed by atoms with E-state index < -0.39 is 18.7 Å². The van der Waals surface area contributed by atoms with E-state index in [9.17, 15) is 9.59 Å².